The van der Waals surface area contributed by atoms with Gasteiger partial charge in [0.1, 0.15) is 0 Å². The number of halogens is 4. The maximum atomic E-state index is 4.50. The van der Waals surface area contributed by atoms with E-state index in [1.165, 1.54) is 36.4 Å². The molecule has 108 valence electrons. The van der Waals surface area contributed by atoms with Crippen molar-refractivity contribution in [1.82, 2.24) is 0 Å². The molecule has 0 bridgehead atoms. The Hall–Kier alpha value is 0.868. The van der Waals surface area contributed by atoms with Gasteiger partial charge in [0, 0.05) is 0 Å². The van der Waals surface area contributed by atoms with Gasteiger partial charge in [0.05, 0.1) is 0 Å². The Morgan fingerprint density at radius 1 is 0.833 bits per heavy atom. The SMILES string of the molecule is CC(C)c1cccc(C(C)C)c1[N]=[W].Cl.Cl.Cl.Cl. The third-order valence-corrected chi connectivity index (χ3v) is 3.09. The fourth-order valence-corrected chi connectivity index (χ4v) is 2.37. The minimum atomic E-state index is 0. The van der Waals surface area contributed by atoms with Crippen molar-refractivity contribution in [3.8, 4) is 0 Å². The van der Waals surface area contributed by atoms with Crippen LogP contribution in [-0.2, 0) is 19.6 Å². The Kier molecular flexibility index (Phi) is 19.5. The first kappa shape index (κ1) is 27.3. The fraction of sp³-hybridized carbons (Fsp3) is 0.500. The molecule has 0 aliphatic rings. The van der Waals surface area contributed by atoms with Gasteiger partial charge in [-0.2, -0.15) is 0 Å². The summed E-state index contributed by atoms with van der Waals surface area (Å²) in [5.41, 5.74) is 3.99. The van der Waals surface area contributed by atoms with E-state index in [2.05, 4.69) is 49.4 Å². The molecular weight excluding hydrogens is 484 g/mol. The van der Waals surface area contributed by atoms with Gasteiger partial charge in [-0.3, -0.25) is 0 Å². The molecule has 0 saturated carbocycles. The van der Waals surface area contributed by atoms with Crippen molar-refractivity contribution in [2.75, 3.05) is 0 Å². The Bertz CT molecular complexity index is 317. The van der Waals surface area contributed by atoms with Crippen LogP contribution in [0.2, 0.25) is 0 Å². The summed E-state index contributed by atoms with van der Waals surface area (Å²) in [4.78, 5) is 0. The predicted molar refractivity (Wildman–Crippen MR) is 85.7 cm³/mol. The molecule has 0 spiro atoms. The molecule has 0 heterocycles. The average molecular weight is 505 g/mol. The molecule has 18 heavy (non-hydrogen) atoms. The van der Waals surface area contributed by atoms with Crippen LogP contribution in [0.25, 0.3) is 0 Å². The largest absolute Gasteiger partial charge is 0.147 e. The summed E-state index contributed by atoms with van der Waals surface area (Å²) >= 11 is 1.29. The maximum Gasteiger partial charge on any atom is -0.147 e. The zero-order valence-electron chi connectivity index (χ0n) is 10.9. The fourth-order valence-electron chi connectivity index (χ4n) is 1.62. The van der Waals surface area contributed by atoms with Crippen LogP contribution in [0, 0.1) is 0 Å². The van der Waals surface area contributed by atoms with Crippen LogP contribution in [0.3, 0.4) is 0 Å². The van der Waals surface area contributed by atoms with E-state index in [0.717, 1.165) is 0 Å². The van der Waals surface area contributed by atoms with E-state index in [4.69, 9.17) is 0 Å². The molecule has 0 aliphatic carbocycles. The van der Waals surface area contributed by atoms with E-state index < -0.39 is 0 Å². The Morgan fingerprint density at radius 3 is 1.39 bits per heavy atom. The van der Waals surface area contributed by atoms with Gasteiger partial charge in [0.2, 0.25) is 0 Å². The molecule has 0 atom stereocenters. The van der Waals surface area contributed by atoms with E-state index in [-0.39, 0.29) is 49.6 Å². The van der Waals surface area contributed by atoms with Gasteiger partial charge in [-0.25, -0.2) is 0 Å². The second-order valence-corrected chi connectivity index (χ2v) is 4.84. The number of benzene rings is 1. The van der Waals surface area contributed by atoms with Gasteiger partial charge in [0.25, 0.3) is 0 Å². The van der Waals surface area contributed by atoms with E-state index >= 15 is 0 Å². The third-order valence-electron chi connectivity index (χ3n) is 2.43. The first-order valence-corrected chi connectivity index (χ1v) is 6.35. The van der Waals surface area contributed by atoms with Crippen molar-refractivity contribution >= 4 is 55.3 Å². The van der Waals surface area contributed by atoms with Crippen LogP contribution in [-0.4, -0.2) is 0 Å². The zero-order valence-corrected chi connectivity index (χ0v) is 17.1. The number of hydrogen-bond donors (Lipinski definition) is 0. The standard InChI is InChI=1S/C12H17N.4ClH.W/c1-8(2)10-6-5-7-11(9(3)4)12(10)13;;;;;/h5-9H,1-4H3;4*1H;. The molecule has 1 aromatic carbocycles. The van der Waals surface area contributed by atoms with Gasteiger partial charge in [-0.1, -0.05) is 0 Å². The molecule has 0 aromatic heterocycles. The minimum absolute atomic E-state index is 0. The van der Waals surface area contributed by atoms with Crippen LogP contribution < -0.4 is 0 Å². The van der Waals surface area contributed by atoms with Crippen LogP contribution >= 0.6 is 49.6 Å². The molecule has 0 fully saturated rings. The Morgan fingerprint density at radius 2 is 1.17 bits per heavy atom. The molecule has 1 aromatic rings. The third kappa shape index (κ3) is 6.87. The van der Waals surface area contributed by atoms with Crippen molar-refractivity contribution in [3.05, 3.63) is 29.3 Å². The van der Waals surface area contributed by atoms with Crippen molar-refractivity contribution < 1.29 is 19.6 Å². The average Bonchev–Trinajstić information content (AvgIpc) is 2.16. The predicted octanol–water partition coefficient (Wildman–Crippen LogP) is 5.98. The molecule has 1 nitrogen and oxygen atoms in total. The summed E-state index contributed by atoms with van der Waals surface area (Å²) in [6, 6.07) is 6.53. The van der Waals surface area contributed by atoms with Crippen molar-refractivity contribution in [2.45, 2.75) is 39.5 Å². The summed E-state index contributed by atoms with van der Waals surface area (Å²) in [7, 11) is 0. The molecule has 6 heteroatoms. The van der Waals surface area contributed by atoms with Crippen LogP contribution in [0.1, 0.15) is 50.7 Å². The quantitative estimate of drug-likeness (QED) is 0.480. The zero-order chi connectivity index (χ0) is 10.7. The molecule has 0 radical (unpaired) electrons. The van der Waals surface area contributed by atoms with Gasteiger partial charge >= 0.3 is 97.7 Å². The normalized spacial score (nSPS) is 8.56. The van der Waals surface area contributed by atoms with E-state index in [1.54, 1.807) is 0 Å². The Labute approximate surface area is 146 Å². The maximum absolute atomic E-state index is 4.50. The summed E-state index contributed by atoms with van der Waals surface area (Å²) < 4.78 is 4.50. The smallest absolute Gasteiger partial charge is 0.147 e. The summed E-state index contributed by atoms with van der Waals surface area (Å²) in [6.07, 6.45) is 0. The molecule has 0 unspecified atom stereocenters. The summed E-state index contributed by atoms with van der Waals surface area (Å²) in [6.45, 7) is 8.90. The van der Waals surface area contributed by atoms with Crippen LogP contribution in [0.4, 0.5) is 5.69 Å². The number of hydrogen-bond acceptors (Lipinski definition) is 1. The van der Waals surface area contributed by atoms with Crippen LogP contribution in [0.5, 0.6) is 0 Å². The van der Waals surface area contributed by atoms with E-state index in [0.29, 0.717) is 11.8 Å². The molecule has 0 amide bonds. The van der Waals surface area contributed by atoms with Crippen molar-refractivity contribution in [1.29, 1.82) is 0 Å². The second-order valence-electron chi connectivity index (χ2n) is 4.19. The molecular formula is C12H21Cl4NW. The topological polar surface area (TPSA) is 12.4 Å². The minimum Gasteiger partial charge on any atom is -0.147 e. The van der Waals surface area contributed by atoms with Gasteiger partial charge in [-0.05, 0) is 0 Å². The first-order chi connectivity index (χ1) is 6.57. The van der Waals surface area contributed by atoms with Crippen molar-refractivity contribution in [2.24, 2.45) is 3.50 Å². The molecule has 0 N–H and O–H groups in total. The summed E-state index contributed by atoms with van der Waals surface area (Å²) in [5, 5.41) is 0. The Balaban J connectivity index is -0.000000245. The van der Waals surface area contributed by atoms with E-state index in [1.807, 2.05) is 0 Å². The molecule has 0 saturated heterocycles. The molecule has 1 rings (SSSR count). The van der Waals surface area contributed by atoms with E-state index in [9.17, 15) is 0 Å². The van der Waals surface area contributed by atoms with Gasteiger partial charge < -0.3 is 0 Å². The molecule has 0 aliphatic heterocycles. The van der Waals surface area contributed by atoms with Gasteiger partial charge in [0.15, 0.2) is 0 Å². The monoisotopic (exact) mass is 503 g/mol. The number of rotatable bonds is 3. The second kappa shape index (κ2) is 12.9. The van der Waals surface area contributed by atoms with Crippen LogP contribution in [0.15, 0.2) is 21.7 Å². The first-order valence-electron chi connectivity index (χ1n) is 5.04. The van der Waals surface area contributed by atoms with Crippen molar-refractivity contribution in [3.63, 3.8) is 0 Å². The summed E-state index contributed by atoms with van der Waals surface area (Å²) in [5.74, 6) is 1.12. The number of nitrogens with zero attached hydrogens (tertiary/aromatic N) is 1. The van der Waals surface area contributed by atoms with Gasteiger partial charge in [-0.15, -0.1) is 49.6 Å².